The van der Waals surface area contributed by atoms with E-state index in [1.54, 1.807) is 36.5 Å². The summed E-state index contributed by atoms with van der Waals surface area (Å²) in [7, 11) is 3.87. The smallest absolute Gasteiger partial charge is 0.251 e. The minimum atomic E-state index is -0.400. The van der Waals surface area contributed by atoms with Gasteiger partial charge in [0, 0.05) is 58.1 Å². The number of para-hydroxylation sites is 1. The topological polar surface area (TPSA) is 115 Å². The molecule has 5 rings (SSSR count). The Bertz CT molecular complexity index is 1600. The highest BCUT2D eigenvalue weighted by Crippen LogP contribution is 2.34. The minimum Gasteiger partial charge on any atom is -0.360 e. The van der Waals surface area contributed by atoms with Crippen LogP contribution in [0.25, 0.3) is 22.2 Å². The Labute approximate surface area is 250 Å². The number of amides is 2. The first-order valence-electron chi connectivity index (χ1n) is 14.1. The Balaban J connectivity index is 1.21. The lowest BCUT2D eigenvalue weighted by Crippen LogP contribution is -2.51. The van der Waals surface area contributed by atoms with Crippen molar-refractivity contribution in [3.05, 3.63) is 83.7 Å². The number of H-pyrrole nitrogens is 1. The molecule has 10 heteroatoms. The molecule has 0 saturated heterocycles. The number of aromatic amines is 1. The molecule has 42 heavy (non-hydrogen) atoms. The second kappa shape index (κ2) is 12.8. The van der Waals surface area contributed by atoms with E-state index in [4.69, 9.17) is 16.6 Å². The second-order valence-corrected chi connectivity index (χ2v) is 11.7. The lowest BCUT2D eigenvalue weighted by Gasteiger charge is -2.39. The van der Waals surface area contributed by atoms with E-state index in [1.807, 2.05) is 49.5 Å². The van der Waals surface area contributed by atoms with Gasteiger partial charge >= 0.3 is 0 Å². The number of carbonyl (C=O) groups is 2. The molecule has 2 heterocycles. The number of carbonyl (C=O) groups excluding carboxylic acids is 2. The summed E-state index contributed by atoms with van der Waals surface area (Å²) in [5.41, 5.74) is 3.38. The van der Waals surface area contributed by atoms with Crippen LogP contribution in [-0.4, -0.2) is 63.9 Å². The molecule has 0 spiro atoms. The first kappa shape index (κ1) is 29.3. The predicted octanol–water partition coefficient (Wildman–Crippen LogP) is 5.88. The molecule has 0 aliphatic heterocycles. The van der Waals surface area contributed by atoms with Gasteiger partial charge in [0.15, 0.2) is 0 Å². The number of aromatic nitrogens is 3. The highest BCUT2D eigenvalue weighted by molar-refractivity contribution is 6.33. The van der Waals surface area contributed by atoms with Crippen LogP contribution in [0, 0.1) is 0 Å². The summed E-state index contributed by atoms with van der Waals surface area (Å²) in [6.45, 7) is 2.76. The molecule has 9 nitrogen and oxygen atoms in total. The number of halogens is 1. The van der Waals surface area contributed by atoms with Crippen LogP contribution in [0.2, 0.25) is 5.02 Å². The maximum Gasteiger partial charge on any atom is 0.251 e. The molecule has 2 amide bonds. The van der Waals surface area contributed by atoms with Crippen LogP contribution in [0.3, 0.4) is 0 Å². The molecule has 4 aromatic rings. The Kier molecular flexibility index (Phi) is 8.89. The zero-order valence-corrected chi connectivity index (χ0v) is 24.8. The van der Waals surface area contributed by atoms with Crippen molar-refractivity contribution >= 4 is 46.0 Å². The maximum atomic E-state index is 13.2. The Hall–Kier alpha value is -4.21. The molecule has 1 aliphatic carbocycles. The van der Waals surface area contributed by atoms with Crippen molar-refractivity contribution in [2.45, 2.75) is 44.2 Å². The Morgan fingerprint density at radius 3 is 2.74 bits per heavy atom. The summed E-state index contributed by atoms with van der Waals surface area (Å²) in [6, 6.07) is 15.0. The van der Waals surface area contributed by atoms with Crippen LogP contribution in [0.15, 0.2) is 73.1 Å². The summed E-state index contributed by atoms with van der Waals surface area (Å²) in [5, 5.41) is 11.1. The van der Waals surface area contributed by atoms with E-state index in [9.17, 15) is 9.59 Å². The van der Waals surface area contributed by atoms with Gasteiger partial charge in [0.1, 0.15) is 0 Å². The van der Waals surface area contributed by atoms with Crippen LogP contribution in [0.1, 0.15) is 43.0 Å². The van der Waals surface area contributed by atoms with Crippen molar-refractivity contribution in [1.82, 2.24) is 25.2 Å². The lowest BCUT2D eigenvalue weighted by atomic mass is 9.80. The molecule has 2 atom stereocenters. The number of rotatable bonds is 9. The summed E-state index contributed by atoms with van der Waals surface area (Å²) in [5.74, 6) is 0.154. The molecular formula is C32H36ClN7O2. The first-order chi connectivity index (χ1) is 20.2. The highest BCUT2D eigenvalue weighted by Gasteiger charge is 2.34. The SMILES string of the molecule is CN(C)CC=CC(=O)Nc1ccc(C(=O)N[C@@]2(C)CCC[C@@H](Nc3ncc(Cl)c(-c4c[nH]c5ccccc45)n3)C2)cc1. The van der Waals surface area contributed by atoms with E-state index in [2.05, 4.69) is 32.8 Å². The molecule has 1 fully saturated rings. The fraction of sp³-hybridized carbons (Fsp3) is 0.312. The molecule has 1 saturated carbocycles. The van der Waals surface area contributed by atoms with Crippen molar-refractivity contribution in [2.24, 2.45) is 0 Å². The molecule has 0 radical (unpaired) electrons. The molecule has 2 aromatic carbocycles. The van der Waals surface area contributed by atoms with Crippen molar-refractivity contribution in [2.75, 3.05) is 31.3 Å². The number of nitrogens with zero attached hydrogens (tertiary/aromatic N) is 3. The zero-order chi connectivity index (χ0) is 29.7. The number of likely N-dealkylation sites (N-methyl/N-ethyl adjacent to an activating group) is 1. The van der Waals surface area contributed by atoms with Crippen molar-refractivity contribution in [3.63, 3.8) is 0 Å². The normalized spacial score (nSPS) is 18.8. The van der Waals surface area contributed by atoms with E-state index < -0.39 is 5.54 Å². The number of fused-ring (bicyclic) bond motifs is 1. The van der Waals surface area contributed by atoms with Crippen molar-refractivity contribution in [3.8, 4) is 11.3 Å². The van der Waals surface area contributed by atoms with Gasteiger partial charge in [0.2, 0.25) is 11.9 Å². The molecule has 4 N–H and O–H groups in total. The van der Waals surface area contributed by atoms with Gasteiger partial charge < -0.3 is 25.8 Å². The standard InChI is InChI=1S/C32H36ClN7O2/c1-32(39-30(42)21-12-14-22(15-13-21)36-28(41)11-7-17-40(2)3)16-6-8-23(18-32)37-31-35-20-26(33)29(38-31)25-19-34-27-10-5-4-9-24(25)27/h4-5,7,9-15,19-20,23,34H,6,8,16-18H2,1-3H3,(H,36,41)(H,39,42)(H,35,37,38)/t23-,32+/m1/s1. The van der Waals surface area contributed by atoms with Crippen LogP contribution < -0.4 is 16.0 Å². The Morgan fingerprint density at radius 2 is 1.95 bits per heavy atom. The van der Waals surface area contributed by atoms with Gasteiger partial charge in [-0.3, -0.25) is 9.59 Å². The third-order valence-electron chi connectivity index (χ3n) is 7.47. The number of benzene rings is 2. The summed E-state index contributed by atoms with van der Waals surface area (Å²) in [4.78, 5) is 39.7. The highest BCUT2D eigenvalue weighted by atomic mass is 35.5. The van der Waals surface area contributed by atoms with Gasteiger partial charge in [-0.1, -0.05) is 35.9 Å². The van der Waals surface area contributed by atoms with Crippen molar-refractivity contribution in [1.29, 1.82) is 0 Å². The molecule has 0 bridgehead atoms. The van der Waals surface area contributed by atoms with Crippen molar-refractivity contribution < 1.29 is 9.59 Å². The third kappa shape index (κ3) is 7.16. The van der Waals surface area contributed by atoms with Crippen LogP contribution in [-0.2, 0) is 4.79 Å². The van der Waals surface area contributed by atoms with Gasteiger partial charge in [-0.2, -0.15) is 0 Å². The average Bonchev–Trinajstić information content (AvgIpc) is 3.38. The van der Waals surface area contributed by atoms with Gasteiger partial charge in [0.25, 0.3) is 5.91 Å². The predicted molar refractivity (Wildman–Crippen MR) is 169 cm³/mol. The van der Waals surface area contributed by atoms with E-state index in [1.165, 1.54) is 6.08 Å². The number of hydrogen-bond donors (Lipinski definition) is 4. The monoisotopic (exact) mass is 585 g/mol. The molecule has 218 valence electrons. The second-order valence-electron chi connectivity index (χ2n) is 11.3. The van der Waals surface area contributed by atoms with Crippen LogP contribution in [0.4, 0.5) is 11.6 Å². The van der Waals surface area contributed by atoms with Crippen LogP contribution >= 0.6 is 11.6 Å². The van der Waals surface area contributed by atoms with Gasteiger partial charge in [0.05, 0.1) is 16.9 Å². The van der Waals surface area contributed by atoms with E-state index in [0.29, 0.717) is 34.5 Å². The number of nitrogens with one attached hydrogen (secondary N) is 4. The van der Waals surface area contributed by atoms with Gasteiger partial charge in [-0.05, 0) is 77.0 Å². The first-order valence-corrected chi connectivity index (χ1v) is 14.5. The summed E-state index contributed by atoms with van der Waals surface area (Å²) < 4.78 is 0. The summed E-state index contributed by atoms with van der Waals surface area (Å²) in [6.07, 6.45) is 10.3. The lowest BCUT2D eigenvalue weighted by molar-refractivity contribution is -0.111. The van der Waals surface area contributed by atoms with E-state index in [-0.39, 0.29) is 17.9 Å². The van der Waals surface area contributed by atoms with Crippen LogP contribution in [0.5, 0.6) is 0 Å². The quantitative estimate of drug-likeness (QED) is 0.182. The van der Waals surface area contributed by atoms with Gasteiger partial charge in [-0.15, -0.1) is 0 Å². The largest absolute Gasteiger partial charge is 0.360 e. The fourth-order valence-electron chi connectivity index (χ4n) is 5.40. The minimum absolute atomic E-state index is 0.0826. The fourth-order valence-corrected chi connectivity index (χ4v) is 5.60. The molecule has 0 unspecified atom stereocenters. The average molecular weight is 586 g/mol. The zero-order valence-electron chi connectivity index (χ0n) is 24.1. The molecule has 1 aliphatic rings. The third-order valence-corrected chi connectivity index (χ3v) is 7.75. The molecular weight excluding hydrogens is 550 g/mol. The van der Waals surface area contributed by atoms with E-state index in [0.717, 1.165) is 42.1 Å². The molecule has 2 aromatic heterocycles. The van der Waals surface area contributed by atoms with Gasteiger partial charge in [-0.25, -0.2) is 9.97 Å². The van der Waals surface area contributed by atoms with E-state index >= 15 is 0 Å². The summed E-state index contributed by atoms with van der Waals surface area (Å²) >= 11 is 6.52. The number of anilines is 2. The maximum absolute atomic E-state index is 13.2. The number of hydrogen-bond acceptors (Lipinski definition) is 6. The Morgan fingerprint density at radius 1 is 1.17 bits per heavy atom.